The number of unbranched alkanes of at least 4 members (excludes halogenated alkanes) is 33. The van der Waals surface area contributed by atoms with Gasteiger partial charge in [-0.05, 0) is 135 Å². The van der Waals surface area contributed by atoms with Crippen molar-refractivity contribution < 1.29 is 80.2 Å². The van der Waals surface area contributed by atoms with Crippen LogP contribution >= 0.6 is 15.6 Å². The van der Waals surface area contributed by atoms with Crippen molar-refractivity contribution >= 4 is 39.5 Å². The van der Waals surface area contributed by atoms with E-state index >= 15 is 0 Å². The molecular formula is C85H148O17P2. The minimum Gasteiger partial charge on any atom is -0.462 e. The highest BCUT2D eigenvalue weighted by atomic mass is 31.2. The number of aliphatic hydroxyl groups excluding tert-OH is 1. The minimum absolute atomic E-state index is 0.0561. The van der Waals surface area contributed by atoms with Gasteiger partial charge in [-0.3, -0.25) is 37.3 Å². The number of hydrogen-bond acceptors (Lipinski definition) is 15. The molecule has 5 atom stereocenters. The Hall–Kier alpha value is -4.28. The molecule has 19 heteroatoms. The molecular weight excluding hydrogens is 1350 g/mol. The molecule has 0 saturated heterocycles. The quantitative estimate of drug-likeness (QED) is 0.0169. The van der Waals surface area contributed by atoms with Crippen LogP contribution in [0.1, 0.15) is 349 Å². The third-order valence-electron chi connectivity index (χ3n) is 17.2. The number of carbonyl (C=O) groups is 4. The van der Waals surface area contributed by atoms with Crippen LogP contribution in [0.4, 0.5) is 0 Å². The largest absolute Gasteiger partial charge is 0.472 e. The molecule has 2 unspecified atom stereocenters. The van der Waals surface area contributed by atoms with Crippen molar-refractivity contribution in [3.63, 3.8) is 0 Å². The van der Waals surface area contributed by atoms with Crippen LogP contribution in [0.2, 0.25) is 0 Å². The average molecular weight is 1500 g/mol. The Morgan fingerprint density at radius 2 is 0.500 bits per heavy atom. The Kier molecular flexibility index (Phi) is 73.7. The van der Waals surface area contributed by atoms with E-state index < -0.39 is 97.5 Å². The summed E-state index contributed by atoms with van der Waals surface area (Å²) >= 11 is 0. The van der Waals surface area contributed by atoms with Crippen LogP contribution in [0.15, 0.2) is 109 Å². The maximum absolute atomic E-state index is 13.1. The molecule has 0 saturated carbocycles. The molecule has 0 heterocycles. The zero-order valence-corrected chi connectivity index (χ0v) is 67.5. The number of allylic oxidation sites excluding steroid dienone is 18. The predicted molar refractivity (Wildman–Crippen MR) is 427 cm³/mol. The molecule has 0 spiro atoms. The van der Waals surface area contributed by atoms with Crippen molar-refractivity contribution in [1.29, 1.82) is 0 Å². The van der Waals surface area contributed by atoms with E-state index in [1.807, 2.05) is 0 Å². The summed E-state index contributed by atoms with van der Waals surface area (Å²) in [6, 6.07) is 0. The summed E-state index contributed by atoms with van der Waals surface area (Å²) in [5.74, 6) is -2.22. The number of ether oxygens (including phenoxy) is 4. The van der Waals surface area contributed by atoms with Crippen LogP contribution < -0.4 is 0 Å². The van der Waals surface area contributed by atoms with Gasteiger partial charge in [0.15, 0.2) is 12.2 Å². The Labute approximate surface area is 632 Å². The molecule has 0 aromatic heterocycles. The van der Waals surface area contributed by atoms with Crippen LogP contribution in [0, 0.1) is 0 Å². The first-order valence-electron chi connectivity index (χ1n) is 41.1. The highest BCUT2D eigenvalue weighted by molar-refractivity contribution is 7.47. The number of rotatable bonds is 77. The zero-order chi connectivity index (χ0) is 76.0. The lowest BCUT2D eigenvalue weighted by Gasteiger charge is -2.21. The number of phosphoric acid groups is 2. The van der Waals surface area contributed by atoms with Gasteiger partial charge in [0.1, 0.15) is 19.3 Å². The zero-order valence-electron chi connectivity index (χ0n) is 65.7. The van der Waals surface area contributed by atoms with E-state index in [-0.39, 0.29) is 25.7 Å². The summed E-state index contributed by atoms with van der Waals surface area (Å²) in [6.45, 7) is 4.69. The van der Waals surface area contributed by atoms with E-state index in [0.29, 0.717) is 25.7 Å². The lowest BCUT2D eigenvalue weighted by molar-refractivity contribution is -0.161. The summed E-state index contributed by atoms with van der Waals surface area (Å²) in [7, 11) is -9.98. The predicted octanol–water partition coefficient (Wildman–Crippen LogP) is 24.1. The van der Waals surface area contributed by atoms with Gasteiger partial charge in [-0.25, -0.2) is 9.13 Å². The topological polar surface area (TPSA) is 237 Å². The van der Waals surface area contributed by atoms with Gasteiger partial charge in [0, 0.05) is 25.7 Å². The highest BCUT2D eigenvalue weighted by Crippen LogP contribution is 2.45. The van der Waals surface area contributed by atoms with Crippen molar-refractivity contribution in [1.82, 2.24) is 0 Å². The maximum Gasteiger partial charge on any atom is 0.472 e. The van der Waals surface area contributed by atoms with E-state index in [4.69, 9.17) is 37.0 Å². The number of aliphatic hydroxyl groups is 1. The van der Waals surface area contributed by atoms with Crippen LogP contribution in [-0.4, -0.2) is 96.7 Å². The van der Waals surface area contributed by atoms with Gasteiger partial charge in [0.05, 0.1) is 26.4 Å². The van der Waals surface area contributed by atoms with Crippen LogP contribution in [0.3, 0.4) is 0 Å². The molecule has 0 fully saturated rings. The number of carbonyl (C=O) groups excluding carboxylic acids is 4. The van der Waals surface area contributed by atoms with Crippen LogP contribution in [0.5, 0.6) is 0 Å². The fourth-order valence-electron chi connectivity index (χ4n) is 11.0. The monoisotopic (exact) mass is 1500 g/mol. The maximum atomic E-state index is 13.1. The van der Waals surface area contributed by atoms with Gasteiger partial charge in [0.2, 0.25) is 0 Å². The SMILES string of the molecule is CC/C=C\C/C=C\C/C=C\C/C=C\C/C=C\CCCCCC(=O)O[C@H](COC(=O)CCCCCCCCCCCCCCCCC)COP(=O)(O)OC[C@H](O)COP(=O)(O)OC[C@@H](COC(=O)CCCCCCC/C=C\C/C=C\CCCCC)OC(=O)CCCCCCC/C=C\C/C=C\CCCCC. The Bertz CT molecular complexity index is 2390. The van der Waals surface area contributed by atoms with Gasteiger partial charge in [-0.15, -0.1) is 0 Å². The standard InChI is InChI=1S/C85H148O17P2/c1-5-9-13-17-21-25-29-33-37-38-39-40-44-48-52-56-60-64-68-72-85(90)102-81(76-96-83(88)70-66-62-58-54-50-46-42-35-31-27-23-19-15-11-7-3)78-100-104(93,94)98-74-79(86)73-97-103(91,92)99-77-80(101-84(89)71-67-63-59-55-51-47-43-36-32-28-24-20-16-12-8-4)75-95-82(87)69-65-61-57-53-49-45-41-34-30-26-22-18-14-10-6-2/h9,13,21-22,24-26,28,33-34,36-37,39-41,43,48,52,79-81,86H,5-8,10-12,14-20,23,27,29-32,35,38,42,44-47,49-51,53-78H2,1-4H3,(H,91,92)(H,93,94)/b13-9-,25-21-,26-22-,28-24-,37-33-,40-39-,41-34-,43-36-,52-48-/t79-,80-,81-/m1/s1. The van der Waals surface area contributed by atoms with Crippen molar-refractivity contribution in [2.45, 2.75) is 367 Å². The molecule has 17 nitrogen and oxygen atoms in total. The molecule has 104 heavy (non-hydrogen) atoms. The van der Waals surface area contributed by atoms with Crippen molar-refractivity contribution in [3.8, 4) is 0 Å². The number of esters is 4. The summed E-state index contributed by atoms with van der Waals surface area (Å²) in [5.41, 5.74) is 0. The summed E-state index contributed by atoms with van der Waals surface area (Å²) in [5, 5.41) is 10.7. The van der Waals surface area contributed by atoms with E-state index in [1.54, 1.807) is 0 Å². The van der Waals surface area contributed by atoms with Crippen LogP contribution in [-0.2, 0) is 65.4 Å². The summed E-state index contributed by atoms with van der Waals surface area (Å²) in [6.07, 6.45) is 83.4. The first-order valence-corrected chi connectivity index (χ1v) is 44.1. The van der Waals surface area contributed by atoms with E-state index in [1.165, 1.54) is 109 Å². The Morgan fingerprint density at radius 1 is 0.279 bits per heavy atom. The second-order valence-corrected chi connectivity index (χ2v) is 30.2. The molecule has 3 N–H and O–H groups in total. The second kappa shape index (κ2) is 76.9. The number of hydrogen-bond donors (Lipinski definition) is 3. The van der Waals surface area contributed by atoms with E-state index in [0.717, 1.165) is 161 Å². The smallest absolute Gasteiger partial charge is 0.462 e. The molecule has 0 aliphatic heterocycles. The summed E-state index contributed by atoms with van der Waals surface area (Å²) in [4.78, 5) is 73.1. The fraction of sp³-hybridized carbons (Fsp3) is 0.741. The van der Waals surface area contributed by atoms with Gasteiger partial charge in [-0.1, -0.05) is 298 Å². The fourth-order valence-corrected chi connectivity index (χ4v) is 12.5. The Balaban J connectivity index is 5.41. The molecule has 600 valence electrons. The second-order valence-electron chi connectivity index (χ2n) is 27.3. The molecule has 0 aliphatic rings. The average Bonchev–Trinajstić information content (AvgIpc) is 0.943. The molecule has 0 aliphatic carbocycles. The highest BCUT2D eigenvalue weighted by Gasteiger charge is 2.30. The normalized spacial score (nSPS) is 14.4. The third kappa shape index (κ3) is 75.9. The lowest BCUT2D eigenvalue weighted by atomic mass is 10.0. The molecule has 0 aromatic carbocycles. The van der Waals surface area contributed by atoms with E-state index in [2.05, 4.69) is 137 Å². The van der Waals surface area contributed by atoms with Crippen LogP contribution in [0.25, 0.3) is 0 Å². The molecule has 0 radical (unpaired) electrons. The number of phosphoric ester groups is 2. The molecule has 0 rings (SSSR count). The first kappa shape index (κ1) is 99.7. The van der Waals surface area contributed by atoms with Gasteiger partial charge in [-0.2, -0.15) is 0 Å². The van der Waals surface area contributed by atoms with Gasteiger partial charge in [0.25, 0.3) is 0 Å². The third-order valence-corrected chi connectivity index (χ3v) is 19.1. The van der Waals surface area contributed by atoms with Crippen molar-refractivity contribution in [2.75, 3.05) is 39.6 Å². The Morgan fingerprint density at radius 3 is 0.798 bits per heavy atom. The lowest BCUT2D eigenvalue weighted by Crippen LogP contribution is -2.30. The minimum atomic E-state index is -4.99. The van der Waals surface area contributed by atoms with Crippen molar-refractivity contribution in [3.05, 3.63) is 109 Å². The molecule has 0 amide bonds. The van der Waals surface area contributed by atoms with Gasteiger partial charge < -0.3 is 33.8 Å². The van der Waals surface area contributed by atoms with Crippen molar-refractivity contribution in [2.24, 2.45) is 0 Å². The molecule has 0 bridgehead atoms. The van der Waals surface area contributed by atoms with E-state index in [9.17, 15) is 43.2 Å². The first-order chi connectivity index (χ1) is 50.7. The van der Waals surface area contributed by atoms with Gasteiger partial charge >= 0.3 is 39.5 Å². The molecule has 0 aromatic rings. The summed E-state index contributed by atoms with van der Waals surface area (Å²) < 4.78 is 68.7.